The molecule has 0 saturated carbocycles. The fourth-order valence-corrected chi connectivity index (χ4v) is 2.87. The zero-order valence-corrected chi connectivity index (χ0v) is 11.7. The molecule has 0 aromatic carbocycles. The summed E-state index contributed by atoms with van der Waals surface area (Å²) in [6.45, 7) is 2.19. The van der Waals surface area contributed by atoms with Crippen LogP contribution < -0.4 is 16.8 Å². The molecule has 0 bridgehead atoms. The van der Waals surface area contributed by atoms with Crippen LogP contribution in [0, 0.1) is 0 Å². The monoisotopic (exact) mass is 293 g/mol. The predicted molar refractivity (Wildman–Crippen MR) is 77.8 cm³/mol. The Balaban J connectivity index is 2.31. The number of amides is 1. The third kappa shape index (κ3) is 2.64. The second kappa shape index (κ2) is 5.74. The number of primary amides is 1. The maximum Gasteiger partial charge on any atom is 0.253 e. The summed E-state index contributed by atoms with van der Waals surface area (Å²) in [5.74, 6) is -0.755. The van der Waals surface area contributed by atoms with Crippen LogP contribution in [0.3, 0.4) is 0 Å². The molecular weight excluding hydrogens is 278 g/mol. The zero-order valence-electron chi connectivity index (χ0n) is 10.9. The summed E-state index contributed by atoms with van der Waals surface area (Å²) < 4.78 is 0. The number of nitrogen functional groups attached to an aromatic ring is 1. The number of ketones is 1. The molecule has 0 unspecified atom stereocenters. The first kappa shape index (κ1) is 14.1. The van der Waals surface area contributed by atoms with Crippen molar-refractivity contribution in [1.82, 2.24) is 10.2 Å². The molecule has 0 aliphatic carbocycles. The quantitative estimate of drug-likeness (QED) is 0.598. The number of hydrogen-bond donors (Lipinski definition) is 4. The number of nitrogens with two attached hydrogens (primary N) is 2. The number of H-pyrrole nitrogens is 1. The van der Waals surface area contributed by atoms with E-state index in [1.54, 1.807) is 19.3 Å². The molecule has 0 spiro atoms. The number of anilines is 2. The van der Waals surface area contributed by atoms with Crippen LogP contribution in [0.4, 0.5) is 10.7 Å². The minimum absolute atomic E-state index is 0.105. The van der Waals surface area contributed by atoms with E-state index >= 15 is 0 Å². The number of nitrogens with one attached hydrogen (secondary N) is 2. The second-order valence-corrected chi connectivity index (χ2v) is 5.17. The van der Waals surface area contributed by atoms with Gasteiger partial charge < -0.3 is 16.8 Å². The van der Waals surface area contributed by atoms with Crippen molar-refractivity contribution in [3.63, 3.8) is 0 Å². The highest BCUT2D eigenvalue weighted by Crippen LogP contribution is 2.36. The van der Waals surface area contributed by atoms with E-state index in [0.29, 0.717) is 22.8 Å². The van der Waals surface area contributed by atoms with Gasteiger partial charge in [0.2, 0.25) is 0 Å². The Bertz CT molecular complexity index is 633. The first-order chi connectivity index (χ1) is 9.54. The molecule has 6 N–H and O–H groups in total. The SMILES string of the molecule is CCC(=O)c1sc(NCc2cn[nH]c2)c(C(N)=O)c1N. The molecule has 0 fully saturated rings. The molecule has 0 radical (unpaired) electrons. The van der Waals surface area contributed by atoms with Gasteiger partial charge >= 0.3 is 0 Å². The largest absolute Gasteiger partial charge is 0.397 e. The van der Waals surface area contributed by atoms with Gasteiger partial charge in [0.1, 0.15) is 5.00 Å². The van der Waals surface area contributed by atoms with Gasteiger partial charge in [-0.25, -0.2) is 0 Å². The van der Waals surface area contributed by atoms with E-state index in [2.05, 4.69) is 15.5 Å². The molecule has 2 aromatic heterocycles. The number of rotatable bonds is 6. The van der Waals surface area contributed by atoms with Crippen LogP contribution in [-0.2, 0) is 6.54 Å². The molecular formula is C12H15N5O2S. The summed E-state index contributed by atoms with van der Waals surface area (Å²) in [5.41, 5.74) is 12.4. The average Bonchev–Trinajstić information content (AvgIpc) is 3.02. The predicted octanol–water partition coefficient (Wildman–Crippen LogP) is 1.36. The normalized spacial score (nSPS) is 10.4. The fraction of sp³-hybridized carbons (Fsp3) is 0.250. The Labute approximate surface area is 119 Å². The molecule has 2 heterocycles. The summed E-state index contributed by atoms with van der Waals surface area (Å²) in [5, 5.41) is 10.1. The second-order valence-electron chi connectivity index (χ2n) is 4.15. The number of hydrogen-bond acceptors (Lipinski definition) is 6. The number of Topliss-reactive ketones (excluding diaryl/α,β-unsaturated/α-hetero) is 1. The Kier molecular flexibility index (Phi) is 4.04. The average molecular weight is 293 g/mol. The van der Waals surface area contributed by atoms with Gasteiger partial charge in [-0.2, -0.15) is 5.10 Å². The molecule has 0 atom stereocenters. The summed E-state index contributed by atoms with van der Waals surface area (Å²) in [6, 6.07) is 0. The van der Waals surface area contributed by atoms with Crippen LogP contribution in [0.2, 0.25) is 0 Å². The van der Waals surface area contributed by atoms with E-state index in [0.717, 1.165) is 16.9 Å². The standard InChI is InChI=1S/C12H15N5O2S/c1-2-7(18)10-9(13)8(11(14)19)12(20-10)15-3-6-4-16-17-5-6/h4-5,15H,2-3,13H2,1H3,(H2,14,19)(H,16,17). The summed E-state index contributed by atoms with van der Waals surface area (Å²) >= 11 is 1.15. The minimum atomic E-state index is -0.649. The first-order valence-corrected chi connectivity index (χ1v) is 6.83. The molecule has 106 valence electrons. The van der Waals surface area contributed by atoms with Crippen LogP contribution in [0.5, 0.6) is 0 Å². The smallest absolute Gasteiger partial charge is 0.253 e. The van der Waals surface area contributed by atoms with Gasteiger partial charge in [-0.3, -0.25) is 14.7 Å². The lowest BCUT2D eigenvalue weighted by atomic mass is 10.1. The van der Waals surface area contributed by atoms with E-state index in [1.807, 2.05) is 0 Å². The fourth-order valence-electron chi connectivity index (χ4n) is 1.74. The molecule has 20 heavy (non-hydrogen) atoms. The van der Waals surface area contributed by atoms with Crippen molar-refractivity contribution in [3.05, 3.63) is 28.4 Å². The molecule has 7 nitrogen and oxygen atoms in total. The van der Waals surface area contributed by atoms with Crippen LogP contribution in [0.25, 0.3) is 0 Å². The van der Waals surface area contributed by atoms with Crippen LogP contribution in [0.1, 0.15) is 38.9 Å². The van der Waals surface area contributed by atoms with E-state index in [9.17, 15) is 9.59 Å². The van der Waals surface area contributed by atoms with Crippen molar-refractivity contribution >= 4 is 33.7 Å². The van der Waals surface area contributed by atoms with Crippen molar-refractivity contribution in [2.75, 3.05) is 11.1 Å². The van der Waals surface area contributed by atoms with E-state index in [-0.39, 0.29) is 17.0 Å². The van der Waals surface area contributed by atoms with Crippen LogP contribution in [-0.4, -0.2) is 21.9 Å². The van der Waals surface area contributed by atoms with Gasteiger partial charge in [0.25, 0.3) is 5.91 Å². The number of thiophene rings is 1. The van der Waals surface area contributed by atoms with Gasteiger partial charge in [-0.1, -0.05) is 6.92 Å². The maximum atomic E-state index is 11.8. The topological polar surface area (TPSA) is 127 Å². The molecule has 0 saturated heterocycles. The number of nitrogens with zero attached hydrogens (tertiary/aromatic N) is 1. The lowest BCUT2D eigenvalue weighted by Gasteiger charge is -2.03. The summed E-state index contributed by atoms with van der Waals surface area (Å²) in [7, 11) is 0. The molecule has 2 rings (SSSR count). The molecule has 0 aliphatic heterocycles. The molecule has 0 aliphatic rings. The third-order valence-corrected chi connectivity index (χ3v) is 3.98. The van der Waals surface area contributed by atoms with E-state index in [4.69, 9.17) is 11.5 Å². The van der Waals surface area contributed by atoms with Gasteiger partial charge in [0.05, 0.1) is 22.3 Å². The molecule has 2 aromatic rings. The van der Waals surface area contributed by atoms with Gasteiger partial charge in [0, 0.05) is 24.7 Å². The van der Waals surface area contributed by atoms with Gasteiger partial charge in [0.15, 0.2) is 5.78 Å². The highest BCUT2D eigenvalue weighted by molar-refractivity contribution is 7.19. The highest BCUT2D eigenvalue weighted by Gasteiger charge is 2.23. The minimum Gasteiger partial charge on any atom is -0.397 e. The van der Waals surface area contributed by atoms with E-state index < -0.39 is 5.91 Å². The van der Waals surface area contributed by atoms with E-state index in [1.165, 1.54) is 0 Å². The van der Waals surface area contributed by atoms with Crippen molar-refractivity contribution in [2.24, 2.45) is 5.73 Å². The third-order valence-electron chi connectivity index (χ3n) is 2.77. The Morgan fingerprint density at radius 2 is 2.25 bits per heavy atom. The Morgan fingerprint density at radius 1 is 1.50 bits per heavy atom. The maximum absolute atomic E-state index is 11.8. The van der Waals surface area contributed by atoms with Crippen molar-refractivity contribution in [2.45, 2.75) is 19.9 Å². The lowest BCUT2D eigenvalue weighted by molar-refractivity contribution is 0.0991. The lowest BCUT2D eigenvalue weighted by Crippen LogP contribution is -2.15. The number of carbonyl (C=O) groups excluding carboxylic acids is 2. The highest BCUT2D eigenvalue weighted by atomic mass is 32.1. The zero-order chi connectivity index (χ0) is 14.7. The molecule has 8 heteroatoms. The number of aromatic nitrogens is 2. The molecule has 1 amide bonds. The van der Waals surface area contributed by atoms with Crippen LogP contribution in [0.15, 0.2) is 12.4 Å². The van der Waals surface area contributed by atoms with Gasteiger partial charge in [-0.05, 0) is 0 Å². The first-order valence-electron chi connectivity index (χ1n) is 6.01. The Morgan fingerprint density at radius 3 is 2.80 bits per heavy atom. The summed E-state index contributed by atoms with van der Waals surface area (Å²) in [6.07, 6.45) is 3.71. The summed E-state index contributed by atoms with van der Waals surface area (Å²) in [4.78, 5) is 23.7. The number of carbonyl (C=O) groups is 2. The van der Waals surface area contributed by atoms with Crippen molar-refractivity contribution in [1.29, 1.82) is 0 Å². The van der Waals surface area contributed by atoms with Crippen molar-refractivity contribution in [3.8, 4) is 0 Å². The number of aromatic amines is 1. The van der Waals surface area contributed by atoms with Crippen molar-refractivity contribution < 1.29 is 9.59 Å². The Hall–Kier alpha value is -2.35. The van der Waals surface area contributed by atoms with Crippen LogP contribution >= 0.6 is 11.3 Å². The van der Waals surface area contributed by atoms with Gasteiger partial charge in [-0.15, -0.1) is 11.3 Å².